The van der Waals surface area contributed by atoms with Gasteiger partial charge in [-0.15, -0.1) is 0 Å². The van der Waals surface area contributed by atoms with E-state index in [1.165, 1.54) is 66.8 Å². The second-order valence-corrected chi connectivity index (χ2v) is 18.8. The van der Waals surface area contributed by atoms with Crippen LogP contribution in [0.15, 0.2) is 60.7 Å². The number of hydrogen-bond donors (Lipinski definition) is 4. The first-order chi connectivity index (χ1) is 31.8. The van der Waals surface area contributed by atoms with Gasteiger partial charge < -0.3 is 19.9 Å². The molecule has 0 atom stereocenters. The van der Waals surface area contributed by atoms with Gasteiger partial charge in [-0.05, 0) is 209 Å². The van der Waals surface area contributed by atoms with Gasteiger partial charge >= 0.3 is 0 Å². The summed E-state index contributed by atoms with van der Waals surface area (Å²) >= 11 is 0. The van der Waals surface area contributed by atoms with Crippen LogP contribution in [0.5, 0.6) is 0 Å². The summed E-state index contributed by atoms with van der Waals surface area (Å²) < 4.78 is 0. The van der Waals surface area contributed by atoms with Crippen molar-refractivity contribution in [3.63, 3.8) is 0 Å². The van der Waals surface area contributed by atoms with Gasteiger partial charge in [0.15, 0.2) is 0 Å². The van der Waals surface area contributed by atoms with Crippen molar-refractivity contribution in [2.45, 2.75) is 109 Å². The van der Waals surface area contributed by atoms with Crippen molar-refractivity contribution in [1.82, 2.24) is 39.9 Å². The molecule has 8 heteroatoms. The van der Waals surface area contributed by atoms with Crippen molar-refractivity contribution >= 4 is 110 Å². The van der Waals surface area contributed by atoms with Gasteiger partial charge in [-0.3, -0.25) is 0 Å². The molecule has 0 unspecified atom stereocenters. The average molecular weight is 867 g/mol. The second kappa shape index (κ2) is 15.3. The van der Waals surface area contributed by atoms with Gasteiger partial charge in [0.05, 0.1) is 45.6 Å². The molecule has 16 bridgehead atoms. The number of aromatic amines is 4. The Bertz CT molecular complexity index is 3340. The molecule has 1 aromatic carbocycles. The van der Waals surface area contributed by atoms with Crippen molar-refractivity contribution in [2.75, 3.05) is 0 Å². The zero-order chi connectivity index (χ0) is 46.0. The number of aromatic nitrogens is 8. The Morgan fingerprint density at radius 1 is 0.258 bits per heavy atom. The Kier molecular flexibility index (Phi) is 9.63. The average Bonchev–Trinajstić information content (AvgIpc) is 4.18. The molecule has 0 fully saturated rings. The summed E-state index contributed by atoms with van der Waals surface area (Å²) in [7, 11) is 0. The highest BCUT2D eigenvalue weighted by Gasteiger charge is 2.21. The van der Waals surface area contributed by atoms with Gasteiger partial charge in [0, 0.05) is 65.7 Å². The number of rotatable bonds is 4. The smallest absolute Gasteiger partial charge is 0.0690 e. The van der Waals surface area contributed by atoms with E-state index in [1.54, 1.807) is 0 Å². The third-order valence-corrected chi connectivity index (χ3v) is 15.4. The quantitative estimate of drug-likeness (QED) is 0.141. The number of hydrogen-bond acceptors (Lipinski definition) is 4. The molecule has 11 rings (SSSR count). The lowest BCUT2D eigenvalue weighted by atomic mass is 10.0. The van der Waals surface area contributed by atoms with E-state index in [0.717, 1.165) is 137 Å². The topological polar surface area (TPSA) is 115 Å². The number of nitrogens with zero attached hydrogens (tertiary/aromatic N) is 4. The van der Waals surface area contributed by atoms with Crippen molar-refractivity contribution in [2.24, 2.45) is 0 Å². The number of allylic oxidation sites excluding steroid dienone is 8. The van der Waals surface area contributed by atoms with E-state index in [1.807, 2.05) is 0 Å². The molecule has 0 spiro atoms. The molecule has 0 saturated heterocycles. The van der Waals surface area contributed by atoms with Crippen LogP contribution in [0.25, 0.3) is 110 Å². The minimum absolute atomic E-state index is 0.933. The molecule has 7 aromatic rings. The van der Waals surface area contributed by atoms with Crippen molar-refractivity contribution in [3.8, 4) is 0 Å². The molecule has 10 heterocycles. The molecular formula is C58H58N8. The summed E-state index contributed by atoms with van der Waals surface area (Å²) in [4.78, 5) is 36.8. The van der Waals surface area contributed by atoms with E-state index in [0.29, 0.717) is 0 Å². The van der Waals surface area contributed by atoms with Crippen LogP contribution in [0.3, 0.4) is 0 Å². The molecule has 8 nitrogen and oxygen atoms in total. The van der Waals surface area contributed by atoms with Gasteiger partial charge in [0.25, 0.3) is 0 Å². The number of benzene rings is 1. The zero-order valence-corrected chi connectivity index (χ0v) is 40.4. The molecule has 330 valence electrons. The Morgan fingerprint density at radius 3 is 0.606 bits per heavy atom. The highest BCUT2D eigenvalue weighted by Crippen LogP contribution is 2.40. The first-order valence-electron chi connectivity index (χ1n) is 23.8. The van der Waals surface area contributed by atoms with Gasteiger partial charge in [-0.2, -0.15) is 0 Å². The molecule has 0 saturated carbocycles. The SMILES string of the molecule is CCc1c(CC)c2cc3nc(cc4[nH]c(cc5nc(cc1[nH]2)C(C)=C5C)c1cc2c5cc6nc(cc7[nH]c(cc8nc(cc([nH]5)c2cc41)C(C)=C8C)c(CC)c7CC)C(C)=C6C)C(C)=C3C. The number of nitrogens with one attached hydrogen (secondary N) is 4. The molecule has 0 aliphatic carbocycles. The Hall–Kier alpha value is -7.06. The van der Waals surface area contributed by atoms with Gasteiger partial charge in [0.1, 0.15) is 0 Å². The summed E-state index contributed by atoms with van der Waals surface area (Å²) in [6, 6.07) is 22.7. The Labute approximate surface area is 385 Å². The van der Waals surface area contributed by atoms with Crippen LogP contribution in [0, 0.1) is 0 Å². The number of H-pyrrole nitrogens is 4. The lowest BCUT2D eigenvalue weighted by molar-refractivity contribution is 1.07. The van der Waals surface area contributed by atoms with Crippen LogP contribution in [0.4, 0.5) is 0 Å². The molecule has 66 heavy (non-hydrogen) atoms. The van der Waals surface area contributed by atoms with Crippen LogP contribution in [0.1, 0.15) is 151 Å². The van der Waals surface area contributed by atoms with Crippen LogP contribution in [-0.2, 0) is 25.7 Å². The fourth-order valence-corrected chi connectivity index (χ4v) is 10.8. The molecule has 6 aromatic heterocycles. The first kappa shape index (κ1) is 41.6. The van der Waals surface area contributed by atoms with E-state index in [4.69, 9.17) is 19.9 Å². The maximum atomic E-state index is 5.33. The normalized spacial score (nSPS) is 14.4. The maximum absolute atomic E-state index is 5.33. The van der Waals surface area contributed by atoms with Gasteiger partial charge in [0.2, 0.25) is 0 Å². The van der Waals surface area contributed by atoms with E-state index < -0.39 is 0 Å². The summed E-state index contributed by atoms with van der Waals surface area (Å²) in [5.74, 6) is 0. The van der Waals surface area contributed by atoms with Crippen molar-refractivity contribution < 1.29 is 0 Å². The molecule has 4 aliphatic rings. The predicted octanol–water partition coefficient (Wildman–Crippen LogP) is 15.3. The fraction of sp³-hybridized carbons (Fsp3) is 0.276. The van der Waals surface area contributed by atoms with Crippen LogP contribution in [0.2, 0.25) is 0 Å². The fourth-order valence-electron chi connectivity index (χ4n) is 10.8. The highest BCUT2D eigenvalue weighted by molar-refractivity contribution is 6.20. The van der Waals surface area contributed by atoms with Crippen LogP contribution in [-0.4, -0.2) is 39.9 Å². The molecule has 4 aliphatic heterocycles. The number of aryl methyl sites for hydroxylation is 4. The van der Waals surface area contributed by atoms with E-state index in [-0.39, 0.29) is 0 Å². The van der Waals surface area contributed by atoms with Gasteiger partial charge in [-0.25, -0.2) is 19.9 Å². The standard InChI is InChI=1S/C58H58N8/c1-13-35-36(14-2)52-20-44-28(6)32(10)48(60-44)24-56-40-18-42-41(17-39(40)55(65-56)23-47-31(9)27(5)43(59-47)19-51(35)63-52)57-25-49-33(11)29(7)45(61-49)21-53-37(15-3)38(16-4)54(64-53)22-46-30(8)34(12)50(62-46)26-58(42)66-57/h17-26,63-66H,13-16H2,1-12H3. The predicted molar refractivity (Wildman–Crippen MR) is 281 cm³/mol. The Balaban J connectivity index is 1.29. The van der Waals surface area contributed by atoms with E-state index in [9.17, 15) is 0 Å². The first-order valence-corrected chi connectivity index (χ1v) is 23.8. The lowest BCUT2D eigenvalue weighted by Crippen LogP contribution is -1.86. The summed E-state index contributed by atoms with van der Waals surface area (Å²) in [5.41, 5.74) is 31.2. The van der Waals surface area contributed by atoms with Crippen molar-refractivity contribution in [3.05, 3.63) is 128 Å². The van der Waals surface area contributed by atoms with E-state index >= 15 is 0 Å². The maximum Gasteiger partial charge on any atom is 0.0690 e. The molecule has 0 radical (unpaired) electrons. The molecule has 0 amide bonds. The third-order valence-electron chi connectivity index (χ3n) is 15.4. The van der Waals surface area contributed by atoms with E-state index in [2.05, 4.69) is 164 Å². The second-order valence-electron chi connectivity index (χ2n) is 18.8. The minimum atomic E-state index is 0.933. The largest absolute Gasteiger partial charge is 0.355 e. The highest BCUT2D eigenvalue weighted by atomic mass is 14.8. The molecular weight excluding hydrogens is 809 g/mol. The summed E-state index contributed by atoms with van der Waals surface area (Å²) in [6.45, 7) is 26.5. The minimum Gasteiger partial charge on any atom is -0.355 e. The Morgan fingerprint density at radius 2 is 0.424 bits per heavy atom. The van der Waals surface area contributed by atoms with Crippen molar-refractivity contribution in [1.29, 1.82) is 0 Å². The monoisotopic (exact) mass is 866 g/mol. The zero-order valence-electron chi connectivity index (χ0n) is 40.4. The van der Waals surface area contributed by atoms with Crippen LogP contribution < -0.4 is 0 Å². The summed E-state index contributed by atoms with van der Waals surface area (Å²) in [5, 5.41) is 4.47. The molecule has 4 N–H and O–H groups in total. The summed E-state index contributed by atoms with van der Waals surface area (Å²) in [6.07, 6.45) is 3.73. The number of fused-ring (bicyclic) bond motifs is 22. The third kappa shape index (κ3) is 6.24. The lowest BCUT2D eigenvalue weighted by Gasteiger charge is -1.99. The van der Waals surface area contributed by atoms with Crippen LogP contribution >= 0.6 is 0 Å². The van der Waals surface area contributed by atoms with Gasteiger partial charge in [-0.1, -0.05) is 27.7 Å².